The predicted octanol–water partition coefficient (Wildman–Crippen LogP) is 2.57. The summed E-state index contributed by atoms with van der Waals surface area (Å²) in [5.74, 6) is -1.38. The number of hydrogen-bond donors (Lipinski definition) is 1. The molecule has 1 aromatic heterocycles. The van der Waals surface area contributed by atoms with Crippen LogP contribution in [0.15, 0.2) is 59.4 Å². The molecule has 1 fully saturated rings. The minimum atomic E-state index is -0.722. The second-order valence-electron chi connectivity index (χ2n) is 8.69. The quantitative estimate of drug-likeness (QED) is 0.547. The molecule has 0 bridgehead atoms. The van der Waals surface area contributed by atoms with Crippen molar-refractivity contribution in [3.63, 3.8) is 0 Å². The van der Waals surface area contributed by atoms with Crippen molar-refractivity contribution in [1.29, 1.82) is 0 Å². The normalized spacial score (nSPS) is 16.3. The number of ketones is 1. The standard InChI is InChI=1S/C26H27FN4O4/c1-29-14-15-31(25(34)18-6-4-3-5-7-18)16-20(29)24-28-22(23(33)26(35)30(24)2)21(32)13-10-17-8-11-19(27)12-9-17/h3-9,11-12,20,33H,10,13-16H2,1-2H3. The van der Waals surface area contributed by atoms with Crippen LogP contribution in [0.25, 0.3) is 0 Å². The molecule has 0 spiro atoms. The molecule has 35 heavy (non-hydrogen) atoms. The van der Waals surface area contributed by atoms with Gasteiger partial charge < -0.3 is 10.0 Å². The zero-order chi connectivity index (χ0) is 25.1. The van der Waals surface area contributed by atoms with Crippen molar-refractivity contribution < 1.29 is 19.1 Å². The molecule has 1 atom stereocenters. The lowest BCUT2D eigenvalue weighted by Gasteiger charge is -2.39. The van der Waals surface area contributed by atoms with Gasteiger partial charge in [-0.1, -0.05) is 30.3 Å². The van der Waals surface area contributed by atoms with Gasteiger partial charge in [-0.25, -0.2) is 9.37 Å². The molecule has 0 saturated carbocycles. The lowest BCUT2D eigenvalue weighted by atomic mass is 10.0. The molecule has 0 radical (unpaired) electrons. The van der Waals surface area contributed by atoms with Gasteiger partial charge in [0, 0.05) is 38.7 Å². The van der Waals surface area contributed by atoms with Gasteiger partial charge in [-0.3, -0.25) is 23.9 Å². The molecule has 4 rings (SSSR count). The maximum Gasteiger partial charge on any atom is 0.296 e. The van der Waals surface area contributed by atoms with Crippen molar-refractivity contribution in [1.82, 2.24) is 19.4 Å². The molecule has 1 unspecified atom stereocenters. The third-order valence-electron chi connectivity index (χ3n) is 6.37. The monoisotopic (exact) mass is 478 g/mol. The van der Waals surface area contributed by atoms with Crippen LogP contribution in [-0.2, 0) is 13.5 Å². The van der Waals surface area contributed by atoms with Gasteiger partial charge in [-0.05, 0) is 43.3 Å². The van der Waals surface area contributed by atoms with Crippen LogP contribution in [0.3, 0.4) is 0 Å². The van der Waals surface area contributed by atoms with Gasteiger partial charge in [0.05, 0.1) is 6.04 Å². The van der Waals surface area contributed by atoms with Gasteiger partial charge in [-0.15, -0.1) is 0 Å². The Bertz CT molecular complexity index is 1290. The van der Waals surface area contributed by atoms with Crippen molar-refractivity contribution in [2.45, 2.75) is 18.9 Å². The Balaban J connectivity index is 1.59. The fourth-order valence-corrected chi connectivity index (χ4v) is 4.23. The number of carbonyl (C=O) groups excluding carboxylic acids is 2. The van der Waals surface area contributed by atoms with Crippen LogP contribution in [-0.4, -0.2) is 62.8 Å². The summed E-state index contributed by atoms with van der Waals surface area (Å²) in [5, 5.41) is 10.4. The SMILES string of the molecule is CN1CCN(C(=O)c2ccccc2)CC1c1nc(C(=O)CCc2ccc(F)cc2)c(O)c(=O)n1C. The number of nitrogens with zero attached hydrogens (tertiary/aromatic N) is 4. The van der Waals surface area contributed by atoms with E-state index in [2.05, 4.69) is 4.98 Å². The first kappa shape index (κ1) is 24.3. The predicted molar refractivity (Wildman–Crippen MR) is 128 cm³/mol. The summed E-state index contributed by atoms with van der Waals surface area (Å²) in [6, 6.07) is 14.3. The average Bonchev–Trinajstić information content (AvgIpc) is 2.87. The highest BCUT2D eigenvalue weighted by Gasteiger charge is 2.33. The first-order valence-electron chi connectivity index (χ1n) is 11.4. The van der Waals surface area contributed by atoms with Crippen LogP contribution in [0.2, 0.25) is 0 Å². The second-order valence-corrected chi connectivity index (χ2v) is 8.69. The summed E-state index contributed by atoms with van der Waals surface area (Å²) in [6.45, 7) is 1.34. The molecule has 1 N–H and O–H groups in total. The van der Waals surface area contributed by atoms with E-state index < -0.39 is 23.1 Å². The summed E-state index contributed by atoms with van der Waals surface area (Å²) >= 11 is 0. The third kappa shape index (κ3) is 5.14. The summed E-state index contributed by atoms with van der Waals surface area (Å²) in [6.07, 6.45) is 0.311. The van der Waals surface area contributed by atoms with Gasteiger partial charge >= 0.3 is 0 Å². The van der Waals surface area contributed by atoms with Crippen molar-refractivity contribution in [2.24, 2.45) is 7.05 Å². The van der Waals surface area contributed by atoms with Crippen molar-refractivity contribution in [3.05, 3.63) is 93.4 Å². The molecule has 3 aromatic rings. The fourth-order valence-electron chi connectivity index (χ4n) is 4.23. The number of piperazine rings is 1. The number of aromatic hydroxyl groups is 1. The third-order valence-corrected chi connectivity index (χ3v) is 6.37. The largest absolute Gasteiger partial charge is 0.501 e. The number of rotatable bonds is 6. The van der Waals surface area contributed by atoms with E-state index in [1.807, 2.05) is 18.0 Å². The average molecular weight is 479 g/mol. The Morgan fingerprint density at radius 3 is 2.43 bits per heavy atom. The minimum Gasteiger partial charge on any atom is -0.501 e. The number of amides is 1. The van der Waals surface area contributed by atoms with Gasteiger partial charge in [-0.2, -0.15) is 0 Å². The van der Waals surface area contributed by atoms with E-state index >= 15 is 0 Å². The number of benzene rings is 2. The van der Waals surface area contributed by atoms with Crippen LogP contribution < -0.4 is 5.56 Å². The number of aromatic nitrogens is 2. The van der Waals surface area contributed by atoms with Crippen LogP contribution in [0, 0.1) is 5.82 Å². The first-order chi connectivity index (χ1) is 16.8. The molecule has 182 valence electrons. The zero-order valence-electron chi connectivity index (χ0n) is 19.6. The summed E-state index contributed by atoms with van der Waals surface area (Å²) in [4.78, 5) is 46.8. The Kier molecular flexibility index (Phi) is 7.07. The first-order valence-corrected chi connectivity index (χ1v) is 11.4. The summed E-state index contributed by atoms with van der Waals surface area (Å²) in [5.41, 5.74) is 0.315. The molecular formula is C26H27FN4O4. The van der Waals surface area contributed by atoms with Crippen LogP contribution in [0.1, 0.15) is 44.7 Å². The van der Waals surface area contributed by atoms with Crippen molar-refractivity contribution in [2.75, 3.05) is 26.7 Å². The van der Waals surface area contributed by atoms with Gasteiger partial charge in [0.2, 0.25) is 5.75 Å². The van der Waals surface area contributed by atoms with Crippen LogP contribution in [0.5, 0.6) is 5.75 Å². The van der Waals surface area contributed by atoms with E-state index in [1.165, 1.54) is 23.7 Å². The molecule has 2 heterocycles. The van der Waals surface area contributed by atoms with E-state index in [0.717, 1.165) is 5.56 Å². The maximum atomic E-state index is 13.1. The topological polar surface area (TPSA) is 95.7 Å². The lowest BCUT2D eigenvalue weighted by molar-refractivity contribution is 0.0524. The maximum absolute atomic E-state index is 13.1. The molecule has 1 aliphatic heterocycles. The molecule has 1 amide bonds. The van der Waals surface area contributed by atoms with E-state index in [4.69, 9.17) is 0 Å². The van der Waals surface area contributed by atoms with Gasteiger partial charge in [0.15, 0.2) is 11.5 Å². The Hall–Kier alpha value is -3.85. The van der Waals surface area contributed by atoms with Crippen molar-refractivity contribution >= 4 is 11.7 Å². The molecular weight excluding hydrogens is 451 g/mol. The van der Waals surface area contributed by atoms with E-state index in [-0.39, 0.29) is 30.4 Å². The molecule has 9 heteroatoms. The Labute approximate surface area is 202 Å². The number of carbonyl (C=O) groups is 2. The van der Waals surface area contributed by atoms with E-state index in [0.29, 0.717) is 30.9 Å². The number of likely N-dealkylation sites (N-methyl/N-ethyl adjacent to an activating group) is 1. The van der Waals surface area contributed by atoms with E-state index in [9.17, 15) is 23.9 Å². The Morgan fingerprint density at radius 1 is 1.06 bits per heavy atom. The van der Waals surface area contributed by atoms with Crippen molar-refractivity contribution in [3.8, 4) is 5.75 Å². The number of hydrogen-bond acceptors (Lipinski definition) is 6. The number of Topliss-reactive ketones (excluding diaryl/α,β-unsaturated/α-hetero) is 1. The van der Waals surface area contributed by atoms with Gasteiger partial charge in [0.1, 0.15) is 11.6 Å². The highest BCUT2D eigenvalue weighted by atomic mass is 19.1. The number of aryl methyl sites for hydroxylation is 1. The molecule has 0 aliphatic carbocycles. The Morgan fingerprint density at radius 2 is 1.74 bits per heavy atom. The smallest absolute Gasteiger partial charge is 0.296 e. The molecule has 2 aromatic carbocycles. The molecule has 8 nitrogen and oxygen atoms in total. The second kappa shape index (κ2) is 10.2. The highest BCUT2D eigenvalue weighted by Crippen LogP contribution is 2.25. The van der Waals surface area contributed by atoms with Crippen LogP contribution in [0.4, 0.5) is 4.39 Å². The summed E-state index contributed by atoms with van der Waals surface area (Å²) in [7, 11) is 3.35. The zero-order valence-corrected chi connectivity index (χ0v) is 19.6. The molecule has 1 aliphatic rings. The highest BCUT2D eigenvalue weighted by molar-refractivity contribution is 5.96. The minimum absolute atomic E-state index is 0.00206. The number of halogens is 1. The van der Waals surface area contributed by atoms with Crippen LogP contribution >= 0.6 is 0 Å². The summed E-state index contributed by atoms with van der Waals surface area (Å²) < 4.78 is 14.4. The fraction of sp³-hybridized carbons (Fsp3) is 0.308. The lowest BCUT2D eigenvalue weighted by Crippen LogP contribution is -2.50. The molecule has 1 saturated heterocycles. The van der Waals surface area contributed by atoms with E-state index in [1.54, 1.807) is 41.3 Å². The van der Waals surface area contributed by atoms with Gasteiger partial charge in [0.25, 0.3) is 11.5 Å².